The van der Waals surface area contributed by atoms with Crippen molar-refractivity contribution in [3.05, 3.63) is 18.3 Å². The normalized spacial score (nSPS) is 21.8. The van der Waals surface area contributed by atoms with E-state index in [1.165, 1.54) is 6.92 Å². The van der Waals surface area contributed by atoms with Crippen molar-refractivity contribution < 1.29 is 14.3 Å². The van der Waals surface area contributed by atoms with Gasteiger partial charge in [-0.1, -0.05) is 13.8 Å². The molecule has 1 aliphatic heterocycles. The van der Waals surface area contributed by atoms with Gasteiger partial charge in [-0.05, 0) is 31.9 Å². The van der Waals surface area contributed by atoms with Gasteiger partial charge in [-0.15, -0.1) is 0 Å². The highest BCUT2D eigenvalue weighted by molar-refractivity contribution is 5.97. The number of nitrogens with one attached hydrogen (secondary N) is 2. The molecule has 1 aromatic rings. The van der Waals surface area contributed by atoms with Crippen LogP contribution in [0.2, 0.25) is 0 Å². The van der Waals surface area contributed by atoms with Crippen molar-refractivity contribution in [2.24, 2.45) is 5.92 Å². The van der Waals surface area contributed by atoms with Gasteiger partial charge >= 0.3 is 0 Å². The highest BCUT2D eigenvalue weighted by atomic mass is 16.5. The van der Waals surface area contributed by atoms with E-state index in [0.717, 1.165) is 18.9 Å². The molecule has 0 saturated carbocycles. The lowest BCUT2D eigenvalue weighted by Crippen LogP contribution is -2.46. The van der Waals surface area contributed by atoms with Gasteiger partial charge in [-0.2, -0.15) is 0 Å². The van der Waals surface area contributed by atoms with E-state index in [2.05, 4.69) is 20.5 Å². The number of rotatable bonds is 5. The number of hydrogen-bond donors (Lipinski definition) is 2. The fourth-order valence-corrected chi connectivity index (χ4v) is 2.99. The number of morpholine rings is 1. The molecule has 2 N–H and O–H groups in total. The van der Waals surface area contributed by atoms with Crippen LogP contribution in [0.5, 0.6) is 0 Å². The zero-order valence-corrected chi connectivity index (χ0v) is 15.6. The van der Waals surface area contributed by atoms with Gasteiger partial charge in [-0.25, -0.2) is 4.98 Å². The molecule has 25 heavy (non-hydrogen) atoms. The van der Waals surface area contributed by atoms with Gasteiger partial charge in [0.1, 0.15) is 11.9 Å². The molecule has 7 heteroatoms. The van der Waals surface area contributed by atoms with Crippen molar-refractivity contribution in [3.63, 3.8) is 0 Å². The minimum atomic E-state index is -0.571. The summed E-state index contributed by atoms with van der Waals surface area (Å²) in [5.74, 6) is 0.390. The number of carbonyl (C=O) groups is 2. The molecule has 1 fully saturated rings. The second-order valence-corrected chi connectivity index (χ2v) is 6.98. The second kappa shape index (κ2) is 8.29. The molecule has 2 amide bonds. The highest BCUT2D eigenvalue weighted by Gasteiger charge is 2.24. The summed E-state index contributed by atoms with van der Waals surface area (Å²) in [5, 5.41) is 5.50. The molecule has 138 valence electrons. The number of ether oxygens (including phenoxy) is 1. The van der Waals surface area contributed by atoms with Gasteiger partial charge in [0.05, 0.1) is 24.1 Å². The molecule has 2 rings (SSSR count). The number of carbonyl (C=O) groups excluding carboxylic acids is 2. The number of anilines is 2. The third-order valence-electron chi connectivity index (χ3n) is 4.07. The molecule has 7 nitrogen and oxygen atoms in total. The monoisotopic (exact) mass is 348 g/mol. The van der Waals surface area contributed by atoms with Gasteiger partial charge < -0.3 is 20.3 Å². The standard InChI is InChI=1S/C18H28N4O3/c1-11(2)17(20-14(5)23)18(24)21-15-6-7-16(19-8-15)22-9-12(3)25-13(4)10-22/h6-8,11-13,17H,9-10H2,1-5H3,(H,20,23)(H,21,24). The SMILES string of the molecule is CC(=O)NC(C(=O)Nc1ccc(N2CC(C)OC(C)C2)nc1)C(C)C. The summed E-state index contributed by atoms with van der Waals surface area (Å²) in [6.45, 7) is 10.9. The molecule has 0 aromatic carbocycles. The van der Waals surface area contributed by atoms with Crippen LogP contribution in [0.4, 0.5) is 11.5 Å². The van der Waals surface area contributed by atoms with Crippen molar-refractivity contribution in [3.8, 4) is 0 Å². The largest absolute Gasteiger partial charge is 0.372 e. The summed E-state index contributed by atoms with van der Waals surface area (Å²) in [6, 6.07) is 3.15. The molecule has 0 aliphatic carbocycles. The molecule has 1 aliphatic rings. The summed E-state index contributed by atoms with van der Waals surface area (Å²) in [7, 11) is 0. The van der Waals surface area contributed by atoms with E-state index in [-0.39, 0.29) is 29.9 Å². The number of amides is 2. The van der Waals surface area contributed by atoms with E-state index < -0.39 is 6.04 Å². The van der Waals surface area contributed by atoms with Gasteiger partial charge in [0.2, 0.25) is 11.8 Å². The smallest absolute Gasteiger partial charge is 0.247 e. The van der Waals surface area contributed by atoms with Crippen molar-refractivity contribution in [1.29, 1.82) is 0 Å². The molecule has 1 aromatic heterocycles. The number of pyridine rings is 1. The highest BCUT2D eigenvalue weighted by Crippen LogP contribution is 2.20. The van der Waals surface area contributed by atoms with Crippen LogP contribution in [-0.4, -0.2) is 48.1 Å². The molecular formula is C18H28N4O3. The minimum absolute atomic E-state index is 0.00698. The Balaban J connectivity index is 2.02. The zero-order chi connectivity index (χ0) is 18.6. The third-order valence-corrected chi connectivity index (χ3v) is 4.07. The Labute approximate surface area is 149 Å². The van der Waals surface area contributed by atoms with Gasteiger partial charge in [0.15, 0.2) is 0 Å². The van der Waals surface area contributed by atoms with E-state index in [9.17, 15) is 9.59 Å². The fraction of sp³-hybridized carbons (Fsp3) is 0.611. The summed E-state index contributed by atoms with van der Waals surface area (Å²) in [6.07, 6.45) is 1.96. The van der Waals surface area contributed by atoms with Gasteiger partial charge in [0.25, 0.3) is 0 Å². The van der Waals surface area contributed by atoms with E-state index in [0.29, 0.717) is 5.69 Å². The van der Waals surface area contributed by atoms with Crippen LogP contribution >= 0.6 is 0 Å². The van der Waals surface area contributed by atoms with Crippen molar-refractivity contribution in [1.82, 2.24) is 10.3 Å². The van der Waals surface area contributed by atoms with Crippen LogP contribution in [0, 0.1) is 5.92 Å². The predicted molar refractivity (Wildman–Crippen MR) is 97.5 cm³/mol. The van der Waals surface area contributed by atoms with Gasteiger partial charge in [-0.3, -0.25) is 9.59 Å². The maximum atomic E-state index is 12.4. The van der Waals surface area contributed by atoms with Crippen molar-refractivity contribution >= 4 is 23.3 Å². The quantitative estimate of drug-likeness (QED) is 0.848. The first kappa shape index (κ1) is 19.2. The first-order valence-electron chi connectivity index (χ1n) is 8.70. The molecule has 0 radical (unpaired) electrons. The fourth-order valence-electron chi connectivity index (χ4n) is 2.99. The van der Waals surface area contributed by atoms with Crippen molar-refractivity contribution in [2.45, 2.75) is 52.9 Å². The molecule has 1 saturated heterocycles. The van der Waals surface area contributed by atoms with E-state index >= 15 is 0 Å². The Kier molecular flexibility index (Phi) is 6.36. The number of aromatic nitrogens is 1. The van der Waals surface area contributed by atoms with Crippen LogP contribution in [0.15, 0.2) is 18.3 Å². The minimum Gasteiger partial charge on any atom is -0.372 e. The lowest BCUT2D eigenvalue weighted by molar-refractivity contribution is -0.126. The van der Waals surface area contributed by atoms with E-state index in [1.807, 2.05) is 39.8 Å². The lowest BCUT2D eigenvalue weighted by Gasteiger charge is -2.36. The summed E-state index contributed by atoms with van der Waals surface area (Å²) >= 11 is 0. The molecule has 0 bridgehead atoms. The second-order valence-electron chi connectivity index (χ2n) is 6.98. The van der Waals surface area contributed by atoms with E-state index in [4.69, 9.17) is 4.74 Å². The maximum Gasteiger partial charge on any atom is 0.247 e. The Hall–Kier alpha value is -2.15. The summed E-state index contributed by atoms with van der Waals surface area (Å²) < 4.78 is 5.73. The number of nitrogens with zero attached hydrogens (tertiary/aromatic N) is 2. The van der Waals surface area contributed by atoms with Crippen LogP contribution in [-0.2, 0) is 14.3 Å². The Bertz CT molecular complexity index is 593. The van der Waals surface area contributed by atoms with Crippen LogP contribution < -0.4 is 15.5 Å². The Morgan fingerprint density at radius 1 is 1.24 bits per heavy atom. The Morgan fingerprint density at radius 3 is 2.36 bits per heavy atom. The average Bonchev–Trinajstić information content (AvgIpc) is 2.51. The third kappa shape index (κ3) is 5.42. The zero-order valence-electron chi connectivity index (χ0n) is 15.6. The molecule has 0 spiro atoms. The van der Waals surface area contributed by atoms with Crippen LogP contribution in [0.25, 0.3) is 0 Å². The van der Waals surface area contributed by atoms with Crippen molar-refractivity contribution in [2.75, 3.05) is 23.3 Å². The molecule has 3 atom stereocenters. The Morgan fingerprint density at radius 2 is 1.88 bits per heavy atom. The van der Waals surface area contributed by atoms with Crippen LogP contribution in [0.3, 0.4) is 0 Å². The number of hydrogen-bond acceptors (Lipinski definition) is 5. The summed E-state index contributed by atoms with van der Waals surface area (Å²) in [5.41, 5.74) is 0.610. The first-order valence-corrected chi connectivity index (χ1v) is 8.70. The lowest BCUT2D eigenvalue weighted by atomic mass is 10.0. The molecular weight excluding hydrogens is 320 g/mol. The van der Waals surface area contributed by atoms with E-state index in [1.54, 1.807) is 6.20 Å². The average molecular weight is 348 g/mol. The van der Waals surface area contributed by atoms with Crippen LogP contribution in [0.1, 0.15) is 34.6 Å². The first-order chi connectivity index (χ1) is 11.8. The molecule has 2 heterocycles. The predicted octanol–water partition coefficient (Wildman–Crippen LogP) is 1.79. The molecule has 3 unspecified atom stereocenters. The topological polar surface area (TPSA) is 83.6 Å². The van der Waals surface area contributed by atoms with Gasteiger partial charge in [0, 0.05) is 20.0 Å². The summed E-state index contributed by atoms with van der Waals surface area (Å²) in [4.78, 5) is 30.3. The maximum absolute atomic E-state index is 12.4.